The van der Waals surface area contributed by atoms with Gasteiger partial charge in [-0.3, -0.25) is 9.59 Å². The van der Waals surface area contributed by atoms with E-state index in [1.165, 1.54) is 0 Å². The van der Waals surface area contributed by atoms with Crippen molar-refractivity contribution in [2.24, 2.45) is 0 Å². The normalized spacial score (nSPS) is 18.9. The van der Waals surface area contributed by atoms with Crippen molar-refractivity contribution in [3.8, 4) is 0 Å². The van der Waals surface area contributed by atoms with Crippen LogP contribution in [0.2, 0.25) is 5.02 Å². The van der Waals surface area contributed by atoms with Gasteiger partial charge in [0.1, 0.15) is 0 Å². The van der Waals surface area contributed by atoms with E-state index in [0.717, 1.165) is 5.56 Å². The molecule has 1 fully saturated rings. The third kappa shape index (κ3) is 3.29. The molecule has 1 heterocycles. The molecule has 1 aliphatic rings. The summed E-state index contributed by atoms with van der Waals surface area (Å²) in [7, 11) is 0. The number of halogens is 1. The Balaban J connectivity index is 2.20. The van der Waals surface area contributed by atoms with Gasteiger partial charge in [0.05, 0.1) is 25.7 Å². The first-order valence-corrected chi connectivity index (χ1v) is 6.73. The quantitative estimate of drug-likeness (QED) is 0.926. The van der Waals surface area contributed by atoms with Crippen LogP contribution in [0.15, 0.2) is 18.2 Å². The molecule has 1 aromatic carbocycles. The molecular weight excluding hydrogens is 282 g/mol. The smallest absolute Gasteiger partial charge is 0.305 e. The lowest BCUT2D eigenvalue weighted by Crippen LogP contribution is -2.49. The van der Waals surface area contributed by atoms with Gasteiger partial charge in [0.2, 0.25) is 0 Å². The molecule has 0 aliphatic carbocycles. The fraction of sp³-hybridized carbons (Fsp3) is 0.429. The Labute approximate surface area is 122 Å². The van der Waals surface area contributed by atoms with E-state index in [2.05, 4.69) is 0 Å². The van der Waals surface area contributed by atoms with Crippen LogP contribution in [0.4, 0.5) is 0 Å². The number of amides is 1. The second kappa shape index (κ2) is 6.24. The molecule has 108 valence electrons. The van der Waals surface area contributed by atoms with E-state index in [0.29, 0.717) is 23.7 Å². The van der Waals surface area contributed by atoms with Crippen molar-refractivity contribution >= 4 is 23.5 Å². The minimum absolute atomic E-state index is 0.120. The molecular formula is C14H16ClNO4. The van der Waals surface area contributed by atoms with Crippen LogP contribution in [-0.4, -0.2) is 47.7 Å². The number of carboxylic acids is 1. The number of aliphatic carboxylic acids is 1. The van der Waals surface area contributed by atoms with Crippen LogP contribution in [0.5, 0.6) is 0 Å². The highest BCUT2D eigenvalue weighted by atomic mass is 35.5. The number of hydrogen-bond donors (Lipinski definition) is 1. The maximum absolute atomic E-state index is 12.5. The number of rotatable bonds is 3. The first-order valence-electron chi connectivity index (χ1n) is 6.35. The molecule has 5 nitrogen and oxygen atoms in total. The van der Waals surface area contributed by atoms with Gasteiger partial charge in [-0.05, 0) is 24.6 Å². The lowest BCUT2D eigenvalue weighted by atomic mass is 10.1. The lowest BCUT2D eigenvalue weighted by molar-refractivity contribution is -0.139. The second-order valence-electron chi connectivity index (χ2n) is 4.79. The minimum Gasteiger partial charge on any atom is -0.481 e. The Morgan fingerprint density at radius 3 is 2.90 bits per heavy atom. The molecule has 2 rings (SSSR count). The first-order chi connectivity index (χ1) is 9.49. The lowest BCUT2D eigenvalue weighted by Gasteiger charge is -2.35. The van der Waals surface area contributed by atoms with Crippen LogP contribution < -0.4 is 0 Å². The number of aryl methyl sites for hydroxylation is 1. The van der Waals surface area contributed by atoms with E-state index in [-0.39, 0.29) is 18.9 Å². The Bertz CT molecular complexity index is 532. The third-order valence-electron chi connectivity index (χ3n) is 3.32. The van der Waals surface area contributed by atoms with Crippen LogP contribution in [-0.2, 0) is 9.53 Å². The fourth-order valence-electron chi connectivity index (χ4n) is 2.18. The highest BCUT2D eigenvalue weighted by Crippen LogP contribution is 2.20. The summed E-state index contributed by atoms with van der Waals surface area (Å²) in [6.07, 6.45) is -0.120. The molecule has 1 saturated heterocycles. The van der Waals surface area contributed by atoms with E-state index in [1.807, 2.05) is 6.92 Å². The highest BCUT2D eigenvalue weighted by molar-refractivity contribution is 6.31. The molecule has 0 saturated carbocycles. The van der Waals surface area contributed by atoms with Gasteiger partial charge < -0.3 is 14.7 Å². The third-order valence-corrected chi connectivity index (χ3v) is 3.72. The van der Waals surface area contributed by atoms with E-state index in [1.54, 1.807) is 23.1 Å². The predicted molar refractivity (Wildman–Crippen MR) is 74.1 cm³/mol. The second-order valence-corrected chi connectivity index (χ2v) is 5.20. The number of morpholine rings is 1. The Hall–Kier alpha value is -1.59. The van der Waals surface area contributed by atoms with Crippen molar-refractivity contribution < 1.29 is 19.4 Å². The van der Waals surface area contributed by atoms with Gasteiger partial charge in [0, 0.05) is 17.1 Å². The van der Waals surface area contributed by atoms with Crippen LogP contribution in [0.25, 0.3) is 0 Å². The molecule has 0 radical (unpaired) electrons. The molecule has 0 bridgehead atoms. The Kier molecular flexibility index (Phi) is 4.62. The number of ether oxygens (including phenoxy) is 1. The standard InChI is InChI=1S/C14H16ClNO4/c1-9-2-3-10(6-12(9)15)14(19)16-4-5-20-8-11(16)7-13(17)18/h2-3,6,11H,4-5,7-8H2,1H3,(H,17,18)/t11-/m0/s1. The van der Waals surface area contributed by atoms with Gasteiger partial charge in [0.25, 0.3) is 5.91 Å². The predicted octanol–water partition coefficient (Wildman–Crippen LogP) is 1.96. The number of carbonyl (C=O) groups is 2. The van der Waals surface area contributed by atoms with Crippen LogP contribution in [0.3, 0.4) is 0 Å². The van der Waals surface area contributed by atoms with Crippen molar-refractivity contribution in [2.75, 3.05) is 19.8 Å². The van der Waals surface area contributed by atoms with Crippen molar-refractivity contribution in [1.82, 2.24) is 4.90 Å². The van der Waals surface area contributed by atoms with Crippen molar-refractivity contribution in [3.63, 3.8) is 0 Å². The molecule has 1 N–H and O–H groups in total. The SMILES string of the molecule is Cc1ccc(C(=O)N2CCOC[C@@H]2CC(=O)O)cc1Cl. The molecule has 1 aliphatic heterocycles. The maximum atomic E-state index is 12.5. The zero-order valence-electron chi connectivity index (χ0n) is 11.1. The van der Waals surface area contributed by atoms with E-state index >= 15 is 0 Å². The molecule has 20 heavy (non-hydrogen) atoms. The highest BCUT2D eigenvalue weighted by Gasteiger charge is 2.29. The molecule has 6 heteroatoms. The first kappa shape index (κ1) is 14.8. The van der Waals surface area contributed by atoms with E-state index in [9.17, 15) is 9.59 Å². The van der Waals surface area contributed by atoms with E-state index < -0.39 is 12.0 Å². The number of carbonyl (C=O) groups excluding carboxylic acids is 1. The Morgan fingerprint density at radius 2 is 2.25 bits per heavy atom. The van der Waals surface area contributed by atoms with Gasteiger partial charge in [-0.2, -0.15) is 0 Å². The monoisotopic (exact) mass is 297 g/mol. The molecule has 0 spiro atoms. The summed E-state index contributed by atoms with van der Waals surface area (Å²) < 4.78 is 5.26. The molecule has 1 aromatic rings. The van der Waals surface area contributed by atoms with Gasteiger partial charge in [-0.15, -0.1) is 0 Å². The van der Waals surface area contributed by atoms with Crippen molar-refractivity contribution in [2.45, 2.75) is 19.4 Å². The van der Waals surface area contributed by atoms with Gasteiger partial charge >= 0.3 is 5.97 Å². The molecule has 1 amide bonds. The zero-order chi connectivity index (χ0) is 14.7. The van der Waals surface area contributed by atoms with Gasteiger partial charge in [0.15, 0.2) is 0 Å². The van der Waals surface area contributed by atoms with Crippen LogP contribution >= 0.6 is 11.6 Å². The summed E-state index contributed by atoms with van der Waals surface area (Å²) in [6, 6.07) is 4.67. The van der Waals surface area contributed by atoms with Gasteiger partial charge in [-0.25, -0.2) is 0 Å². The summed E-state index contributed by atoms with van der Waals surface area (Å²) in [5, 5.41) is 9.43. The Morgan fingerprint density at radius 1 is 1.50 bits per heavy atom. The molecule has 1 atom stereocenters. The van der Waals surface area contributed by atoms with Gasteiger partial charge in [-0.1, -0.05) is 17.7 Å². The summed E-state index contributed by atoms with van der Waals surface area (Å²) in [5.74, 6) is -1.15. The summed E-state index contributed by atoms with van der Waals surface area (Å²) >= 11 is 6.03. The number of carboxylic acid groups (broad SMARTS) is 1. The summed E-state index contributed by atoms with van der Waals surface area (Å²) in [6.45, 7) is 2.92. The van der Waals surface area contributed by atoms with Crippen LogP contribution in [0, 0.1) is 6.92 Å². The number of nitrogens with zero attached hydrogens (tertiary/aromatic N) is 1. The summed E-state index contributed by atoms with van der Waals surface area (Å²) in [5.41, 5.74) is 1.37. The fourth-order valence-corrected chi connectivity index (χ4v) is 2.37. The minimum atomic E-state index is -0.944. The van der Waals surface area contributed by atoms with Crippen molar-refractivity contribution in [3.05, 3.63) is 34.3 Å². The largest absolute Gasteiger partial charge is 0.481 e. The topological polar surface area (TPSA) is 66.8 Å². The van der Waals surface area contributed by atoms with Crippen molar-refractivity contribution in [1.29, 1.82) is 0 Å². The average Bonchev–Trinajstić information content (AvgIpc) is 2.41. The number of hydrogen-bond acceptors (Lipinski definition) is 3. The molecule has 0 unspecified atom stereocenters. The average molecular weight is 298 g/mol. The maximum Gasteiger partial charge on any atom is 0.305 e. The zero-order valence-corrected chi connectivity index (χ0v) is 11.9. The number of benzene rings is 1. The summed E-state index contributed by atoms with van der Waals surface area (Å²) in [4.78, 5) is 24.9. The van der Waals surface area contributed by atoms with Crippen LogP contribution in [0.1, 0.15) is 22.3 Å². The van der Waals surface area contributed by atoms with E-state index in [4.69, 9.17) is 21.4 Å². The molecule has 0 aromatic heterocycles.